The lowest BCUT2D eigenvalue weighted by atomic mass is 10.1. The highest BCUT2D eigenvalue weighted by atomic mass is 79.9. The first kappa shape index (κ1) is 10.2. The minimum Gasteiger partial charge on any atom is -0.490 e. The van der Waals surface area contributed by atoms with Crippen LogP contribution < -0.4 is 10.1 Å². The first-order chi connectivity index (χ1) is 6.75. The van der Waals surface area contributed by atoms with Gasteiger partial charge in [-0.1, -0.05) is 11.6 Å². The normalized spacial score (nSPS) is 20.3. The molecule has 0 saturated carbocycles. The summed E-state index contributed by atoms with van der Waals surface area (Å²) in [7, 11) is 0. The molecule has 1 fully saturated rings. The molecule has 76 valence electrons. The second kappa shape index (κ2) is 4.47. The first-order valence-electron chi connectivity index (χ1n) is 4.43. The van der Waals surface area contributed by atoms with E-state index in [2.05, 4.69) is 26.2 Å². The van der Waals surface area contributed by atoms with Crippen molar-refractivity contribution in [2.24, 2.45) is 0 Å². The molecule has 0 unspecified atom stereocenters. The highest BCUT2D eigenvalue weighted by Gasteiger charge is 2.16. The molecule has 0 bridgehead atoms. The minimum absolute atomic E-state index is 0.458. The van der Waals surface area contributed by atoms with Crippen molar-refractivity contribution < 1.29 is 4.74 Å². The van der Waals surface area contributed by atoms with Crippen molar-refractivity contribution in [3.63, 3.8) is 0 Å². The maximum absolute atomic E-state index is 5.76. The van der Waals surface area contributed by atoms with Crippen LogP contribution in [0.4, 0.5) is 0 Å². The van der Waals surface area contributed by atoms with E-state index in [1.165, 1.54) is 6.42 Å². The molecule has 0 aliphatic carbocycles. The number of ether oxygens (including phenoxy) is 1. The third kappa shape index (κ3) is 2.38. The van der Waals surface area contributed by atoms with Crippen molar-refractivity contribution in [3.05, 3.63) is 21.9 Å². The van der Waals surface area contributed by atoms with Crippen molar-refractivity contribution in [2.75, 3.05) is 13.2 Å². The lowest BCUT2D eigenvalue weighted by Gasteiger charge is -2.27. The van der Waals surface area contributed by atoms with Gasteiger partial charge in [-0.2, -0.15) is 0 Å². The van der Waals surface area contributed by atoms with Gasteiger partial charge in [0.25, 0.3) is 0 Å². The number of nitrogens with one attached hydrogen (secondary N) is 1. The molecule has 0 aromatic carbocycles. The molecule has 3 nitrogen and oxygen atoms in total. The summed E-state index contributed by atoms with van der Waals surface area (Å²) in [5.74, 6) is 0.745. The summed E-state index contributed by atoms with van der Waals surface area (Å²) in [5.41, 5.74) is 0. The number of rotatable bonds is 3. The van der Waals surface area contributed by atoms with E-state index in [1.54, 1.807) is 6.20 Å². The Kier molecular flexibility index (Phi) is 3.26. The highest BCUT2D eigenvalue weighted by Crippen LogP contribution is 2.24. The van der Waals surface area contributed by atoms with Crippen LogP contribution in [0.5, 0.6) is 5.75 Å². The molecule has 1 aromatic heterocycles. The minimum atomic E-state index is 0.458. The first-order valence-corrected chi connectivity index (χ1v) is 5.60. The van der Waals surface area contributed by atoms with E-state index in [1.807, 2.05) is 6.07 Å². The van der Waals surface area contributed by atoms with Crippen LogP contribution in [0.3, 0.4) is 0 Å². The fourth-order valence-electron chi connectivity index (χ4n) is 1.17. The summed E-state index contributed by atoms with van der Waals surface area (Å²) < 4.78 is 6.29. The van der Waals surface area contributed by atoms with Crippen LogP contribution >= 0.6 is 27.5 Å². The average Bonchev–Trinajstić information content (AvgIpc) is 2.08. The Labute approximate surface area is 95.9 Å². The summed E-state index contributed by atoms with van der Waals surface area (Å²) >= 11 is 9.05. The predicted molar refractivity (Wildman–Crippen MR) is 58.8 cm³/mol. The Morgan fingerprint density at radius 3 is 3.07 bits per heavy atom. The Bertz CT molecular complexity index is 331. The van der Waals surface area contributed by atoms with Gasteiger partial charge in [0, 0.05) is 6.04 Å². The third-order valence-electron chi connectivity index (χ3n) is 2.15. The summed E-state index contributed by atoms with van der Waals surface area (Å²) in [4.78, 5) is 3.97. The van der Waals surface area contributed by atoms with Crippen LogP contribution in [0.2, 0.25) is 5.15 Å². The second-order valence-corrected chi connectivity index (χ2v) is 4.41. The number of aromatic nitrogens is 1. The molecule has 2 rings (SSSR count). The molecule has 14 heavy (non-hydrogen) atoms. The predicted octanol–water partition coefficient (Wildman–Crippen LogP) is 2.24. The maximum atomic E-state index is 5.76. The van der Waals surface area contributed by atoms with Crippen LogP contribution in [0, 0.1) is 0 Å². The van der Waals surface area contributed by atoms with Gasteiger partial charge in [0.1, 0.15) is 17.5 Å². The smallest absolute Gasteiger partial charge is 0.143 e. The van der Waals surface area contributed by atoms with E-state index < -0.39 is 0 Å². The molecule has 1 atom stereocenters. The molecule has 1 aliphatic heterocycles. The van der Waals surface area contributed by atoms with E-state index >= 15 is 0 Å². The van der Waals surface area contributed by atoms with Crippen LogP contribution in [0.15, 0.2) is 16.7 Å². The van der Waals surface area contributed by atoms with E-state index in [-0.39, 0.29) is 0 Å². The van der Waals surface area contributed by atoms with Crippen LogP contribution in [-0.2, 0) is 0 Å². The standard InChI is InChI=1S/C9H10BrClN2O/c10-8-3-7(4-13-9(8)11)14-5-6-1-2-12-6/h3-4,6,12H,1-2,5H2/t6-/m1/s1. The molecule has 0 radical (unpaired) electrons. The molecular weight excluding hydrogens is 267 g/mol. The lowest BCUT2D eigenvalue weighted by Crippen LogP contribution is -2.46. The van der Waals surface area contributed by atoms with Crippen LogP contribution in [0.1, 0.15) is 6.42 Å². The largest absolute Gasteiger partial charge is 0.490 e. The Morgan fingerprint density at radius 1 is 1.71 bits per heavy atom. The average molecular weight is 278 g/mol. The van der Waals surface area contributed by atoms with Crippen LogP contribution in [-0.4, -0.2) is 24.2 Å². The third-order valence-corrected chi connectivity index (χ3v) is 3.28. The Balaban J connectivity index is 1.91. The van der Waals surface area contributed by atoms with Gasteiger partial charge in [-0.3, -0.25) is 0 Å². The fraction of sp³-hybridized carbons (Fsp3) is 0.444. The molecule has 0 spiro atoms. The molecule has 2 heterocycles. The molecule has 5 heteroatoms. The number of hydrogen-bond donors (Lipinski definition) is 1. The zero-order chi connectivity index (χ0) is 9.97. The molecule has 1 saturated heterocycles. The van der Waals surface area contributed by atoms with Gasteiger partial charge in [0.05, 0.1) is 10.7 Å². The van der Waals surface area contributed by atoms with E-state index in [4.69, 9.17) is 16.3 Å². The summed E-state index contributed by atoms with van der Waals surface area (Å²) in [6.07, 6.45) is 2.81. The highest BCUT2D eigenvalue weighted by molar-refractivity contribution is 9.10. The van der Waals surface area contributed by atoms with Gasteiger partial charge in [-0.25, -0.2) is 4.98 Å². The monoisotopic (exact) mass is 276 g/mol. The van der Waals surface area contributed by atoms with Crippen LogP contribution in [0.25, 0.3) is 0 Å². The van der Waals surface area contributed by atoms with Gasteiger partial charge in [-0.05, 0) is 35.0 Å². The van der Waals surface area contributed by atoms with Gasteiger partial charge in [-0.15, -0.1) is 0 Å². The maximum Gasteiger partial charge on any atom is 0.143 e. The summed E-state index contributed by atoms with van der Waals surface area (Å²) in [6.45, 7) is 1.78. The molecule has 1 aromatic rings. The number of nitrogens with zero attached hydrogens (tertiary/aromatic N) is 1. The molecule has 1 aliphatic rings. The number of halogens is 2. The van der Waals surface area contributed by atoms with Crippen molar-refractivity contribution in [3.8, 4) is 5.75 Å². The van der Waals surface area contributed by atoms with Crippen molar-refractivity contribution >= 4 is 27.5 Å². The summed E-state index contributed by atoms with van der Waals surface area (Å²) in [5, 5.41) is 3.72. The van der Waals surface area contributed by atoms with E-state index in [0.717, 1.165) is 16.8 Å². The molecule has 1 N–H and O–H groups in total. The van der Waals surface area contributed by atoms with Gasteiger partial charge in [0.15, 0.2) is 0 Å². The zero-order valence-electron chi connectivity index (χ0n) is 7.46. The Hall–Kier alpha value is -0.320. The van der Waals surface area contributed by atoms with E-state index in [9.17, 15) is 0 Å². The molecule has 0 amide bonds. The quantitative estimate of drug-likeness (QED) is 0.861. The summed E-state index contributed by atoms with van der Waals surface area (Å²) in [6, 6.07) is 2.32. The van der Waals surface area contributed by atoms with Gasteiger partial charge in [0.2, 0.25) is 0 Å². The SMILES string of the molecule is Clc1ncc(OC[C@H]2CCN2)cc1Br. The van der Waals surface area contributed by atoms with Gasteiger partial charge < -0.3 is 10.1 Å². The van der Waals surface area contributed by atoms with E-state index in [0.29, 0.717) is 17.8 Å². The Morgan fingerprint density at radius 2 is 2.50 bits per heavy atom. The number of pyridine rings is 1. The van der Waals surface area contributed by atoms with Crippen molar-refractivity contribution in [1.29, 1.82) is 0 Å². The number of hydrogen-bond acceptors (Lipinski definition) is 3. The zero-order valence-corrected chi connectivity index (χ0v) is 9.81. The fourth-order valence-corrected chi connectivity index (χ4v) is 1.60. The van der Waals surface area contributed by atoms with Gasteiger partial charge >= 0.3 is 0 Å². The molecular formula is C9H10BrClN2O. The van der Waals surface area contributed by atoms with Crippen molar-refractivity contribution in [1.82, 2.24) is 10.3 Å². The lowest BCUT2D eigenvalue weighted by molar-refractivity contribution is 0.217. The second-order valence-electron chi connectivity index (χ2n) is 3.19. The van der Waals surface area contributed by atoms with Crippen molar-refractivity contribution in [2.45, 2.75) is 12.5 Å². The topological polar surface area (TPSA) is 34.1 Å².